The lowest BCUT2D eigenvalue weighted by atomic mass is 9.97. The third kappa shape index (κ3) is 6.58. The van der Waals surface area contributed by atoms with Crippen molar-refractivity contribution in [2.75, 3.05) is 13.7 Å². The molecule has 0 amide bonds. The molecule has 192 valence electrons. The van der Waals surface area contributed by atoms with Crippen LogP contribution in [0.1, 0.15) is 23.1 Å². The Balaban J connectivity index is 1.99. The van der Waals surface area contributed by atoms with E-state index in [1.807, 2.05) is 6.07 Å². The molecule has 3 aromatic carbocycles. The van der Waals surface area contributed by atoms with Gasteiger partial charge in [0.05, 0.1) is 16.5 Å². The second kappa shape index (κ2) is 11.3. The lowest BCUT2D eigenvalue weighted by Gasteiger charge is -2.20. The van der Waals surface area contributed by atoms with E-state index in [1.54, 1.807) is 18.2 Å². The van der Waals surface area contributed by atoms with Crippen LogP contribution in [0.3, 0.4) is 0 Å². The summed E-state index contributed by atoms with van der Waals surface area (Å²) >= 11 is 0. The maximum absolute atomic E-state index is 14.5. The highest BCUT2D eigenvalue weighted by Gasteiger charge is 2.30. The minimum atomic E-state index is -3.90. The summed E-state index contributed by atoms with van der Waals surface area (Å²) in [6.07, 6.45) is 0.565. The topological polar surface area (TPSA) is 108 Å². The third-order valence-electron chi connectivity index (χ3n) is 5.49. The van der Waals surface area contributed by atoms with Crippen LogP contribution in [-0.2, 0) is 27.3 Å². The molecule has 0 aliphatic carbocycles. The number of sulfonamides is 1. The van der Waals surface area contributed by atoms with E-state index in [1.165, 1.54) is 55.6 Å². The molecule has 3 aromatic rings. The molecule has 0 spiro atoms. The molecule has 0 heterocycles. The predicted molar refractivity (Wildman–Crippen MR) is 134 cm³/mol. The molecule has 0 saturated carbocycles. The van der Waals surface area contributed by atoms with Crippen LogP contribution >= 0.6 is 0 Å². The largest absolute Gasteiger partial charge is 0.481 e. The van der Waals surface area contributed by atoms with Crippen molar-refractivity contribution in [1.29, 1.82) is 5.26 Å². The van der Waals surface area contributed by atoms with Crippen molar-refractivity contribution >= 4 is 16.0 Å². The lowest BCUT2D eigenvalue weighted by molar-refractivity contribution is -0.139. The number of hydrogen-bond acceptors (Lipinski definition) is 5. The molecule has 37 heavy (non-hydrogen) atoms. The zero-order chi connectivity index (χ0) is 27.2. The number of hydrogen-bond donors (Lipinski definition) is 1. The molecule has 3 rings (SSSR count). The fourth-order valence-electron chi connectivity index (χ4n) is 3.60. The van der Waals surface area contributed by atoms with Gasteiger partial charge in [0.15, 0.2) is 6.61 Å². The van der Waals surface area contributed by atoms with Gasteiger partial charge in [-0.2, -0.15) is 9.57 Å². The summed E-state index contributed by atoms with van der Waals surface area (Å²) in [4.78, 5) is 11.1. The van der Waals surface area contributed by atoms with E-state index < -0.39 is 34.9 Å². The third-order valence-corrected chi connectivity index (χ3v) is 7.31. The number of rotatable bonds is 11. The monoisotopic (exact) mass is 526 g/mol. The first-order chi connectivity index (χ1) is 17.5. The molecule has 0 fully saturated rings. The highest BCUT2D eigenvalue weighted by Crippen LogP contribution is 2.37. The lowest BCUT2D eigenvalue weighted by Crippen LogP contribution is -2.26. The summed E-state index contributed by atoms with van der Waals surface area (Å²) in [5.41, 5.74) is 1.27. The van der Waals surface area contributed by atoms with Gasteiger partial charge in [0, 0.05) is 31.1 Å². The molecule has 0 bridgehead atoms. The van der Waals surface area contributed by atoms with Crippen LogP contribution in [0.5, 0.6) is 5.75 Å². The van der Waals surface area contributed by atoms with E-state index in [2.05, 4.69) is 6.58 Å². The summed E-state index contributed by atoms with van der Waals surface area (Å²) in [6, 6.07) is 17.7. The first-order valence-corrected chi connectivity index (χ1v) is 12.5. The average molecular weight is 527 g/mol. The summed E-state index contributed by atoms with van der Waals surface area (Å²) < 4.78 is 61.6. The summed E-state index contributed by atoms with van der Waals surface area (Å²) in [5.74, 6) is -4.23. The average Bonchev–Trinajstić information content (AvgIpc) is 2.87. The van der Waals surface area contributed by atoms with E-state index in [9.17, 15) is 22.0 Å². The minimum Gasteiger partial charge on any atom is -0.481 e. The minimum absolute atomic E-state index is 0.00721. The number of aliphatic carboxylic acids is 1. The molecule has 0 aliphatic heterocycles. The summed E-state index contributed by atoms with van der Waals surface area (Å²) in [5, 5.41) is 18.0. The highest BCUT2D eigenvalue weighted by molar-refractivity contribution is 7.89. The normalized spacial score (nSPS) is 11.6. The van der Waals surface area contributed by atoms with E-state index >= 15 is 0 Å². The standard InChI is InChI=1S/C27H24F2N2O5S/c1-3-13-27(28,29)22-6-4-5-21(15-22)24-14-20(9-12-25(24)36-18-26(32)33)17-31(2)37(34,35)23-10-7-19(16-30)8-11-23/h3-12,14-15H,1,13,17-18H2,2H3,(H,32,33). The molecule has 0 atom stereocenters. The van der Waals surface area contributed by atoms with Gasteiger partial charge >= 0.3 is 5.97 Å². The Labute approximate surface area is 213 Å². The zero-order valence-electron chi connectivity index (χ0n) is 19.9. The molecule has 0 radical (unpaired) electrons. The number of halogens is 2. The van der Waals surface area contributed by atoms with Crippen LogP contribution in [0.15, 0.2) is 84.3 Å². The Kier molecular flexibility index (Phi) is 8.42. The number of carboxylic acid groups (broad SMARTS) is 1. The predicted octanol–water partition coefficient (Wildman–Crippen LogP) is 5.18. The number of alkyl halides is 2. The van der Waals surface area contributed by atoms with Gasteiger partial charge in [-0.25, -0.2) is 22.0 Å². The fraction of sp³-hybridized carbons (Fsp3) is 0.185. The van der Waals surface area contributed by atoms with E-state index in [-0.39, 0.29) is 22.8 Å². The van der Waals surface area contributed by atoms with E-state index in [0.29, 0.717) is 22.3 Å². The number of carboxylic acids is 1. The van der Waals surface area contributed by atoms with Gasteiger partial charge in [0.25, 0.3) is 5.92 Å². The van der Waals surface area contributed by atoms with Crippen LogP contribution in [0.4, 0.5) is 8.78 Å². The molecule has 0 unspecified atom stereocenters. The molecule has 0 aromatic heterocycles. The van der Waals surface area contributed by atoms with Gasteiger partial charge < -0.3 is 9.84 Å². The summed E-state index contributed by atoms with van der Waals surface area (Å²) in [6.45, 7) is 2.66. The summed E-state index contributed by atoms with van der Waals surface area (Å²) in [7, 11) is -2.51. The SMILES string of the molecule is C=CCC(F)(F)c1cccc(-c2cc(CN(C)S(=O)(=O)c3ccc(C#N)cc3)ccc2OCC(=O)O)c1. The van der Waals surface area contributed by atoms with Gasteiger partial charge in [0.2, 0.25) is 10.0 Å². The molecule has 0 saturated heterocycles. The van der Waals surface area contributed by atoms with Gasteiger partial charge in [0.1, 0.15) is 5.75 Å². The second-order valence-electron chi connectivity index (χ2n) is 8.19. The number of benzene rings is 3. The Hall–Kier alpha value is -4.07. The Morgan fingerprint density at radius 2 is 1.86 bits per heavy atom. The zero-order valence-corrected chi connectivity index (χ0v) is 20.7. The number of nitriles is 1. The van der Waals surface area contributed by atoms with E-state index in [0.717, 1.165) is 10.4 Å². The maximum Gasteiger partial charge on any atom is 0.341 e. The smallest absolute Gasteiger partial charge is 0.341 e. The molecular formula is C27H24F2N2O5S. The van der Waals surface area contributed by atoms with Crippen LogP contribution in [0.2, 0.25) is 0 Å². The van der Waals surface area contributed by atoms with Crippen molar-refractivity contribution in [3.63, 3.8) is 0 Å². The van der Waals surface area contributed by atoms with Crippen molar-refractivity contribution in [3.8, 4) is 22.9 Å². The van der Waals surface area contributed by atoms with Gasteiger partial charge in [-0.15, -0.1) is 6.58 Å². The van der Waals surface area contributed by atoms with Crippen LogP contribution < -0.4 is 4.74 Å². The molecule has 0 aliphatic rings. The van der Waals surface area contributed by atoms with Gasteiger partial charge in [-0.3, -0.25) is 0 Å². The maximum atomic E-state index is 14.5. The molecule has 10 heteroatoms. The van der Waals surface area contributed by atoms with Crippen LogP contribution in [0, 0.1) is 11.3 Å². The van der Waals surface area contributed by atoms with Crippen molar-refractivity contribution in [2.24, 2.45) is 0 Å². The van der Waals surface area contributed by atoms with Crippen LogP contribution in [-0.4, -0.2) is 37.5 Å². The number of ether oxygens (including phenoxy) is 1. The molecule has 1 N–H and O–H groups in total. The van der Waals surface area contributed by atoms with E-state index in [4.69, 9.17) is 15.1 Å². The van der Waals surface area contributed by atoms with Crippen molar-refractivity contribution in [3.05, 3.63) is 96.1 Å². The molecular weight excluding hydrogens is 502 g/mol. The number of carbonyl (C=O) groups is 1. The van der Waals surface area contributed by atoms with Gasteiger partial charge in [-0.05, 0) is 53.6 Å². The van der Waals surface area contributed by atoms with Crippen molar-refractivity contribution < 1.29 is 31.8 Å². The second-order valence-corrected chi connectivity index (χ2v) is 10.2. The highest BCUT2D eigenvalue weighted by atomic mass is 32.2. The Morgan fingerprint density at radius 1 is 1.16 bits per heavy atom. The molecule has 7 nitrogen and oxygen atoms in total. The fourth-order valence-corrected chi connectivity index (χ4v) is 4.76. The van der Waals surface area contributed by atoms with Crippen molar-refractivity contribution in [2.45, 2.75) is 23.8 Å². The Bertz CT molecular complexity index is 1450. The number of nitrogens with zero attached hydrogens (tertiary/aromatic N) is 2. The van der Waals surface area contributed by atoms with Gasteiger partial charge in [-0.1, -0.05) is 30.3 Å². The Morgan fingerprint density at radius 3 is 2.49 bits per heavy atom. The first kappa shape index (κ1) is 27.5. The quantitative estimate of drug-likeness (QED) is 0.345. The number of allylic oxidation sites excluding steroid dienone is 1. The van der Waals surface area contributed by atoms with Crippen molar-refractivity contribution in [1.82, 2.24) is 4.31 Å². The van der Waals surface area contributed by atoms with Crippen LogP contribution in [0.25, 0.3) is 11.1 Å². The first-order valence-electron chi connectivity index (χ1n) is 11.0.